The highest BCUT2D eigenvalue weighted by molar-refractivity contribution is 14.0. The molecule has 1 aliphatic heterocycles. The number of amides is 1. The lowest BCUT2D eigenvalue weighted by Gasteiger charge is -2.38. The van der Waals surface area contributed by atoms with Crippen molar-refractivity contribution in [2.45, 2.75) is 47.1 Å². The second-order valence-corrected chi connectivity index (χ2v) is 8.16. The lowest BCUT2D eigenvalue weighted by molar-refractivity contribution is -0.121. The Morgan fingerprint density at radius 1 is 1.14 bits per heavy atom. The number of hydrogen-bond acceptors (Lipinski definition) is 3. The third-order valence-electron chi connectivity index (χ3n) is 4.72. The van der Waals surface area contributed by atoms with Crippen LogP contribution in [0.4, 0.5) is 5.69 Å². The largest absolute Gasteiger partial charge is 0.368 e. The van der Waals surface area contributed by atoms with Gasteiger partial charge in [0.15, 0.2) is 5.96 Å². The fraction of sp³-hybridized carbons (Fsp3) is 0.619. The van der Waals surface area contributed by atoms with E-state index < -0.39 is 0 Å². The Hall–Kier alpha value is -1.51. The molecule has 1 aliphatic rings. The van der Waals surface area contributed by atoms with Gasteiger partial charge < -0.3 is 20.4 Å². The van der Waals surface area contributed by atoms with Gasteiger partial charge in [0.2, 0.25) is 5.91 Å². The molecule has 158 valence electrons. The summed E-state index contributed by atoms with van der Waals surface area (Å²) in [5.41, 5.74) is 3.77. The minimum absolute atomic E-state index is 0. The molecule has 0 aliphatic carbocycles. The molecule has 1 aromatic carbocycles. The van der Waals surface area contributed by atoms with E-state index >= 15 is 0 Å². The molecular weight excluding hydrogens is 465 g/mol. The number of nitrogens with one attached hydrogen (secondary N) is 2. The lowest BCUT2D eigenvalue weighted by atomic mass is 10.1. The monoisotopic (exact) mass is 501 g/mol. The Morgan fingerprint density at radius 2 is 1.79 bits per heavy atom. The van der Waals surface area contributed by atoms with Gasteiger partial charge in [-0.15, -0.1) is 24.0 Å². The van der Waals surface area contributed by atoms with Crippen LogP contribution in [0, 0.1) is 13.8 Å². The standard InChI is InChI=1S/C21H35N5O.HI/c1-7-22-20(23-15-19(27)24-21(4,5)6)26-13-11-25(12-14-26)18-10-8-9-16(2)17(18)3;/h8-10H,7,11-15H2,1-6H3,(H,22,23)(H,24,27);1H. The van der Waals surface area contributed by atoms with Gasteiger partial charge in [-0.1, -0.05) is 12.1 Å². The number of benzene rings is 1. The van der Waals surface area contributed by atoms with Crippen LogP contribution in [0.15, 0.2) is 23.2 Å². The Kier molecular flexibility index (Phi) is 9.53. The molecule has 0 atom stereocenters. The van der Waals surface area contributed by atoms with E-state index in [0.29, 0.717) is 0 Å². The van der Waals surface area contributed by atoms with Crippen molar-refractivity contribution in [3.63, 3.8) is 0 Å². The van der Waals surface area contributed by atoms with Crippen molar-refractivity contribution >= 4 is 41.5 Å². The highest BCUT2D eigenvalue weighted by atomic mass is 127. The molecule has 6 nitrogen and oxygen atoms in total. The van der Waals surface area contributed by atoms with Crippen molar-refractivity contribution in [1.29, 1.82) is 0 Å². The molecule has 0 aromatic heterocycles. The molecule has 1 aromatic rings. The minimum Gasteiger partial charge on any atom is -0.368 e. The van der Waals surface area contributed by atoms with Crippen LogP contribution in [-0.4, -0.2) is 61.6 Å². The Morgan fingerprint density at radius 3 is 2.36 bits per heavy atom. The van der Waals surface area contributed by atoms with Crippen LogP contribution < -0.4 is 15.5 Å². The van der Waals surface area contributed by atoms with Gasteiger partial charge in [-0.05, 0) is 58.7 Å². The maximum atomic E-state index is 12.1. The van der Waals surface area contributed by atoms with E-state index in [1.165, 1.54) is 16.8 Å². The summed E-state index contributed by atoms with van der Waals surface area (Å²) >= 11 is 0. The molecule has 1 fully saturated rings. The zero-order valence-corrected chi connectivity index (χ0v) is 20.5. The summed E-state index contributed by atoms with van der Waals surface area (Å²) in [5, 5.41) is 6.28. The molecule has 28 heavy (non-hydrogen) atoms. The summed E-state index contributed by atoms with van der Waals surface area (Å²) in [7, 11) is 0. The molecule has 0 spiro atoms. The van der Waals surface area contributed by atoms with Crippen molar-refractivity contribution in [1.82, 2.24) is 15.5 Å². The number of nitrogens with zero attached hydrogens (tertiary/aromatic N) is 3. The fourth-order valence-electron chi connectivity index (χ4n) is 3.27. The van der Waals surface area contributed by atoms with Gasteiger partial charge >= 0.3 is 0 Å². The third-order valence-corrected chi connectivity index (χ3v) is 4.72. The Balaban J connectivity index is 0.00000392. The van der Waals surface area contributed by atoms with Gasteiger partial charge in [-0.3, -0.25) is 4.79 Å². The van der Waals surface area contributed by atoms with Crippen molar-refractivity contribution in [2.75, 3.05) is 44.2 Å². The maximum absolute atomic E-state index is 12.1. The number of carbonyl (C=O) groups excluding carboxylic acids is 1. The fourth-order valence-corrected chi connectivity index (χ4v) is 3.27. The SMILES string of the molecule is CCNC(=NCC(=O)NC(C)(C)C)N1CCN(c2cccc(C)c2C)CC1.I. The molecule has 0 radical (unpaired) electrons. The topological polar surface area (TPSA) is 60.0 Å². The third kappa shape index (κ3) is 7.14. The number of piperazine rings is 1. The number of carbonyl (C=O) groups is 1. The van der Waals surface area contributed by atoms with Gasteiger partial charge in [0.25, 0.3) is 0 Å². The zero-order chi connectivity index (χ0) is 20.0. The van der Waals surface area contributed by atoms with E-state index in [0.717, 1.165) is 38.7 Å². The molecule has 2 N–H and O–H groups in total. The summed E-state index contributed by atoms with van der Waals surface area (Å²) in [6.07, 6.45) is 0. The van der Waals surface area contributed by atoms with E-state index in [1.807, 2.05) is 20.8 Å². The quantitative estimate of drug-likeness (QED) is 0.379. The smallest absolute Gasteiger partial charge is 0.242 e. The van der Waals surface area contributed by atoms with Crippen LogP contribution in [-0.2, 0) is 4.79 Å². The molecule has 0 bridgehead atoms. The second kappa shape index (κ2) is 10.9. The first-order chi connectivity index (χ1) is 12.7. The van der Waals surface area contributed by atoms with E-state index in [4.69, 9.17) is 0 Å². The summed E-state index contributed by atoms with van der Waals surface area (Å²) in [4.78, 5) is 21.3. The van der Waals surface area contributed by atoms with Crippen molar-refractivity contribution < 1.29 is 4.79 Å². The van der Waals surface area contributed by atoms with Crippen molar-refractivity contribution in [3.05, 3.63) is 29.3 Å². The normalized spacial score (nSPS) is 15.1. The summed E-state index contributed by atoms with van der Waals surface area (Å²) in [5.74, 6) is 0.772. The predicted octanol–water partition coefficient (Wildman–Crippen LogP) is 2.92. The highest BCUT2D eigenvalue weighted by Crippen LogP contribution is 2.23. The number of halogens is 1. The average molecular weight is 501 g/mol. The van der Waals surface area contributed by atoms with Crippen LogP contribution in [0.3, 0.4) is 0 Å². The summed E-state index contributed by atoms with van der Waals surface area (Å²) in [6, 6.07) is 6.49. The minimum atomic E-state index is -0.234. The van der Waals surface area contributed by atoms with Crippen LogP contribution in [0.1, 0.15) is 38.8 Å². The number of anilines is 1. The molecule has 7 heteroatoms. The summed E-state index contributed by atoms with van der Waals surface area (Å²) < 4.78 is 0. The number of aliphatic imine (C=N–C) groups is 1. The van der Waals surface area contributed by atoms with E-state index in [2.05, 4.69) is 64.4 Å². The average Bonchev–Trinajstić information content (AvgIpc) is 2.60. The first-order valence-electron chi connectivity index (χ1n) is 9.86. The Bertz CT molecular complexity index is 676. The van der Waals surface area contributed by atoms with Gasteiger partial charge in [0.1, 0.15) is 6.54 Å². The number of guanidine groups is 1. The van der Waals surface area contributed by atoms with E-state index in [9.17, 15) is 4.79 Å². The maximum Gasteiger partial charge on any atom is 0.242 e. The zero-order valence-electron chi connectivity index (χ0n) is 18.1. The van der Waals surface area contributed by atoms with Crippen LogP contribution in [0.2, 0.25) is 0 Å². The second-order valence-electron chi connectivity index (χ2n) is 8.16. The number of hydrogen-bond donors (Lipinski definition) is 2. The van der Waals surface area contributed by atoms with Crippen molar-refractivity contribution in [3.8, 4) is 0 Å². The number of aryl methyl sites for hydroxylation is 1. The van der Waals surface area contributed by atoms with Gasteiger partial charge in [-0.2, -0.15) is 0 Å². The van der Waals surface area contributed by atoms with Crippen LogP contribution in [0.25, 0.3) is 0 Å². The molecule has 1 saturated heterocycles. The first kappa shape index (κ1) is 24.5. The predicted molar refractivity (Wildman–Crippen MR) is 129 cm³/mol. The Labute approximate surface area is 187 Å². The molecule has 1 heterocycles. The van der Waals surface area contributed by atoms with Crippen LogP contribution in [0.5, 0.6) is 0 Å². The summed E-state index contributed by atoms with van der Waals surface area (Å²) in [6.45, 7) is 17.0. The molecule has 1 amide bonds. The van der Waals surface area contributed by atoms with E-state index in [1.54, 1.807) is 0 Å². The van der Waals surface area contributed by atoms with Gasteiger partial charge in [0, 0.05) is 44.0 Å². The lowest BCUT2D eigenvalue weighted by Crippen LogP contribution is -2.53. The molecular formula is C21H36IN5O. The molecule has 2 rings (SSSR count). The first-order valence-corrected chi connectivity index (χ1v) is 9.86. The highest BCUT2D eigenvalue weighted by Gasteiger charge is 2.21. The van der Waals surface area contributed by atoms with Gasteiger partial charge in [0.05, 0.1) is 0 Å². The van der Waals surface area contributed by atoms with Crippen LogP contribution >= 0.6 is 24.0 Å². The molecule has 0 saturated carbocycles. The van der Waals surface area contributed by atoms with Crippen molar-refractivity contribution in [2.24, 2.45) is 4.99 Å². The molecule has 0 unspecified atom stereocenters. The van der Waals surface area contributed by atoms with Gasteiger partial charge in [-0.25, -0.2) is 4.99 Å². The number of rotatable bonds is 4. The van der Waals surface area contributed by atoms with E-state index in [-0.39, 0.29) is 42.0 Å².